The molecule has 1 saturated heterocycles. The molecule has 4 nitrogen and oxygen atoms in total. The van der Waals surface area contributed by atoms with Crippen LogP contribution in [0.1, 0.15) is 44.3 Å². The highest BCUT2D eigenvalue weighted by molar-refractivity contribution is 5.75. The predicted octanol–water partition coefficient (Wildman–Crippen LogP) is 2.44. The van der Waals surface area contributed by atoms with Gasteiger partial charge in [0.15, 0.2) is 0 Å². The molecule has 1 heterocycles. The molecule has 0 radical (unpaired) electrons. The smallest absolute Gasteiger partial charge is 0.223 e. The van der Waals surface area contributed by atoms with Crippen molar-refractivity contribution < 1.29 is 9.90 Å². The molecule has 0 bridgehead atoms. The number of carbonyl (C=O) groups is 1. The number of benzene rings is 1. The maximum Gasteiger partial charge on any atom is 0.223 e. The maximum absolute atomic E-state index is 11.9. The van der Waals surface area contributed by atoms with Crippen molar-refractivity contribution in [3.63, 3.8) is 0 Å². The minimum atomic E-state index is -0.416. The van der Waals surface area contributed by atoms with Crippen molar-refractivity contribution >= 4 is 5.91 Å². The number of carbonyl (C=O) groups excluding carboxylic acids is 1. The average molecular weight is 304 g/mol. The Morgan fingerprint density at radius 2 is 2.14 bits per heavy atom. The topological polar surface area (TPSA) is 43.8 Å². The maximum atomic E-state index is 11.9. The number of aliphatic hydroxyl groups excluding tert-OH is 1. The van der Waals surface area contributed by atoms with Crippen molar-refractivity contribution in [1.82, 2.24) is 9.80 Å². The van der Waals surface area contributed by atoms with E-state index in [0.717, 1.165) is 44.5 Å². The van der Waals surface area contributed by atoms with Crippen LogP contribution in [0.25, 0.3) is 0 Å². The fourth-order valence-electron chi connectivity index (χ4n) is 3.13. The lowest BCUT2D eigenvalue weighted by Crippen LogP contribution is -2.35. The third kappa shape index (κ3) is 4.55. The second-order valence-corrected chi connectivity index (χ2v) is 6.15. The summed E-state index contributed by atoms with van der Waals surface area (Å²) in [5.74, 6) is 0.205. The summed E-state index contributed by atoms with van der Waals surface area (Å²) in [4.78, 5) is 16.1. The molecule has 1 amide bonds. The number of nitrogens with zero attached hydrogens (tertiary/aromatic N) is 2. The standard InChI is InChI=1S/C18H28N2O2/c1-3-19(2)18(22)11-13-20-12-7-10-16(20)14-17(21)15-8-5-4-6-9-15/h4-6,8-9,16-17,21H,3,7,10-14H2,1-2H3. The number of amides is 1. The van der Waals surface area contributed by atoms with Gasteiger partial charge in [-0.15, -0.1) is 0 Å². The van der Waals surface area contributed by atoms with Crippen LogP contribution in [0.4, 0.5) is 0 Å². The Hall–Kier alpha value is -1.39. The molecular formula is C18H28N2O2. The van der Waals surface area contributed by atoms with E-state index in [-0.39, 0.29) is 5.91 Å². The fraction of sp³-hybridized carbons (Fsp3) is 0.611. The first-order valence-corrected chi connectivity index (χ1v) is 8.32. The summed E-state index contributed by atoms with van der Waals surface area (Å²) >= 11 is 0. The summed E-state index contributed by atoms with van der Waals surface area (Å²) in [5.41, 5.74) is 0.983. The van der Waals surface area contributed by atoms with E-state index in [9.17, 15) is 9.90 Å². The Kier molecular flexibility index (Phi) is 6.40. The van der Waals surface area contributed by atoms with Gasteiger partial charge in [0.2, 0.25) is 5.91 Å². The highest BCUT2D eigenvalue weighted by atomic mass is 16.3. The summed E-state index contributed by atoms with van der Waals surface area (Å²) in [6.45, 7) is 4.59. The van der Waals surface area contributed by atoms with Crippen molar-refractivity contribution in [3.05, 3.63) is 35.9 Å². The van der Waals surface area contributed by atoms with Crippen LogP contribution in [-0.2, 0) is 4.79 Å². The molecule has 0 spiro atoms. The van der Waals surface area contributed by atoms with Crippen molar-refractivity contribution in [2.24, 2.45) is 0 Å². The molecule has 1 N–H and O–H groups in total. The van der Waals surface area contributed by atoms with Gasteiger partial charge in [-0.3, -0.25) is 9.69 Å². The SMILES string of the molecule is CCN(C)C(=O)CCN1CCCC1CC(O)c1ccccc1. The number of hydrogen-bond acceptors (Lipinski definition) is 3. The lowest BCUT2D eigenvalue weighted by molar-refractivity contribution is -0.130. The Labute approximate surface area is 133 Å². The molecule has 4 heteroatoms. The highest BCUT2D eigenvalue weighted by Gasteiger charge is 2.27. The normalized spacial score (nSPS) is 20.0. The van der Waals surface area contributed by atoms with Crippen LogP contribution in [0, 0.1) is 0 Å². The molecule has 22 heavy (non-hydrogen) atoms. The quantitative estimate of drug-likeness (QED) is 0.841. The van der Waals surface area contributed by atoms with Gasteiger partial charge in [0, 0.05) is 32.6 Å². The van der Waals surface area contributed by atoms with E-state index in [4.69, 9.17) is 0 Å². The zero-order chi connectivity index (χ0) is 15.9. The van der Waals surface area contributed by atoms with Crippen LogP contribution in [0.5, 0.6) is 0 Å². The van der Waals surface area contributed by atoms with Gasteiger partial charge >= 0.3 is 0 Å². The molecule has 1 aromatic carbocycles. The number of aliphatic hydroxyl groups is 1. The largest absolute Gasteiger partial charge is 0.388 e. The van der Waals surface area contributed by atoms with Gasteiger partial charge in [-0.1, -0.05) is 30.3 Å². The molecule has 0 saturated carbocycles. The second-order valence-electron chi connectivity index (χ2n) is 6.15. The summed E-state index contributed by atoms with van der Waals surface area (Å²) in [5, 5.41) is 10.4. The molecule has 1 fully saturated rings. The Bertz CT molecular complexity index is 463. The Morgan fingerprint density at radius 1 is 1.41 bits per heavy atom. The summed E-state index contributed by atoms with van der Waals surface area (Å²) in [6.07, 6.45) is 3.18. The van der Waals surface area contributed by atoms with Crippen LogP contribution in [0.2, 0.25) is 0 Å². The van der Waals surface area contributed by atoms with E-state index >= 15 is 0 Å². The second kappa shape index (κ2) is 8.30. The van der Waals surface area contributed by atoms with Crippen LogP contribution >= 0.6 is 0 Å². The first kappa shape index (κ1) is 17.0. The van der Waals surface area contributed by atoms with Gasteiger partial charge in [-0.05, 0) is 38.3 Å². The molecule has 1 aliphatic heterocycles. The van der Waals surface area contributed by atoms with Crippen molar-refractivity contribution in [1.29, 1.82) is 0 Å². The zero-order valence-corrected chi connectivity index (χ0v) is 13.7. The molecule has 2 rings (SSSR count). The summed E-state index contributed by atoms with van der Waals surface area (Å²) < 4.78 is 0. The van der Waals surface area contributed by atoms with Gasteiger partial charge in [-0.2, -0.15) is 0 Å². The average Bonchev–Trinajstić information content (AvgIpc) is 2.99. The van der Waals surface area contributed by atoms with E-state index < -0.39 is 6.10 Å². The number of rotatable bonds is 7. The minimum Gasteiger partial charge on any atom is -0.388 e. The monoisotopic (exact) mass is 304 g/mol. The Balaban J connectivity index is 1.84. The van der Waals surface area contributed by atoms with Gasteiger partial charge in [0.25, 0.3) is 0 Å². The van der Waals surface area contributed by atoms with Crippen molar-refractivity contribution in [2.75, 3.05) is 26.7 Å². The summed E-state index contributed by atoms with van der Waals surface area (Å²) in [6, 6.07) is 10.2. The Morgan fingerprint density at radius 3 is 2.82 bits per heavy atom. The van der Waals surface area contributed by atoms with Gasteiger partial charge in [-0.25, -0.2) is 0 Å². The molecule has 1 aromatic rings. The van der Waals surface area contributed by atoms with E-state index in [1.807, 2.05) is 44.3 Å². The number of likely N-dealkylation sites (tertiary alicyclic amines) is 1. The van der Waals surface area contributed by atoms with Crippen LogP contribution in [0.15, 0.2) is 30.3 Å². The van der Waals surface area contributed by atoms with E-state index in [1.165, 1.54) is 0 Å². The molecule has 1 aliphatic rings. The molecule has 122 valence electrons. The predicted molar refractivity (Wildman–Crippen MR) is 88.5 cm³/mol. The van der Waals surface area contributed by atoms with Crippen molar-refractivity contribution in [3.8, 4) is 0 Å². The van der Waals surface area contributed by atoms with Crippen LogP contribution in [-0.4, -0.2) is 53.5 Å². The van der Waals surface area contributed by atoms with Gasteiger partial charge in [0.05, 0.1) is 6.10 Å². The number of hydrogen-bond donors (Lipinski definition) is 1. The third-order valence-electron chi connectivity index (χ3n) is 4.69. The molecule has 0 aliphatic carbocycles. The third-order valence-corrected chi connectivity index (χ3v) is 4.69. The highest BCUT2D eigenvalue weighted by Crippen LogP contribution is 2.27. The van der Waals surface area contributed by atoms with E-state index in [1.54, 1.807) is 4.90 Å². The first-order chi connectivity index (χ1) is 10.6. The van der Waals surface area contributed by atoms with Crippen LogP contribution < -0.4 is 0 Å². The lowest BCUT2D eigenvalue weighted by atomic mass is 10.0. The molecular weight excluding hydrogens is 276 g/mol. The van der Waals surface area contributed by atoms with Gasteiger partial charge < -0.3 is 10.0 Å². The van der Waals surface area contributed by atoms with E-state index in [0.29, 0.717) is 12.5 Å². The zero-order valence-electron chi connectivity index (χ0n) is 13.7. The fourth-order valence-corrected chi connectivity index (χ4v) is 3.13. The summed E-state index contributed by atoms with van der Waals surface area (Å²) in [7, 11) is 1.85. The first-order valence-electron chi connectivity index (χ1n) is 8.32. The molecule has 2 atom stereocenters. The van der Waals surface area contributed by atoms with Crippen LogP contribution in [0.3, 0.4) is 0 Å². The van der Waals surface area contributed by atoms with E-state index in [2.05, 4.69) is 4.90 Å². The van der Waals surface area contributed by atoms with Gasteiger partial charge in [0.1, 0.15) is 0 Å². The molecule has 0 aromatic heterocycles. The lowest BCUT2D eigenvalue weighted by Gasteiger charge is -2.27. The minimum absolute atomic E-state index is 0.205. The van der Waals surface area contributed by atoms with Crippen molar-refractivity contribution in [2.45, 2.75) is 44.8 Å². The molecule has 2 unspecified atom stereocenters.